The lowest BCUT2D eigenvalue weighted by Crippen LogP contribution is -2.28. The number of fused-ring (bicyclic) bond motifs is 1. The van der Waals surface area contributed by atoms with Gasteiger partial charge in [0.2, 0.25) is 0 Å². The Hall–Kier alpha value is -3.58. The van der Waals surface area contributed by atoms with Crippen molar-refractivity contribution in [3.05, 3.63) is 82.6 Å². The van der Waals surface area contributed by atoms with E-state index in [1.165, 1.54) is 6.26 Å². The number of amides is 1. The Morgan fingerprint density at radius 2 is 1.89 bits per heavy atom. The van der Waals surface area contributed by atoms with Gasteiger partial charge >= 0.3 is 0 Å². The van der Waals surface area contributed by atoms with Gasteiger partial charge in [-0.1, -0.05) is 12.1 Å². The van der Waals surface area contributed by atoms with Crippen molar-refractivity contribution in [2.75, 3.05) is 6.54 Å². The fourth-order valence-corrected chi connectivity index (χ4v) is 2.68. The standard InChI is InChI=1S/C20H15NO6/c22-13-10-19(26-15-5-2-1-4-12(13)15)20(24)21-11-14(23)16-7-8-18(27-16)17-6-3-9-25-17/h1-10,14,23H,11H2,(H,21,24). The first-order chi connectivity index (χ1) is 13.1. The van der Waals surface area contributed by atoms with Crippen LogP contribution >= 0.6 is 0 Å². The molecule has 0 saturated heterocycles. The van der Waals surface area contributed by atoms with E-state index in [0.29, 0.717) is 22.5 Å². The van der Waals surface area contributed by atoms with Crippen molar-refractivity contribution in [2.45, 2.75) is 6.10 Å². The van der Waals surface area contributed by atoms with Gasteiger partial charge in [0.1, 0.15) is 17.4 Å². The van der Waals surface area contributed by atoms with Crippen LogP contribution in [0.25, 0.3) is 22.5 Å². The Labute approximate surface area is 152 Å². The van der Waals surface area contributed by atoms with Crippen molar-refractivity contribution in [3.8, 4) is 11.5 Å². The highest BCUT2D eigenvalue weighted by Gasteiger charge is 2.17. The van der Waals surface area contributed by atoms with Crippen LogP contribution in [0.15, 0.2) is 78.9 Å². The molecule has 4 rings (SSSR count). The van der Waals surface area contributed by atoms with Gasteiger partial charge in [0.25, 0.3) is 5.91 Å². The largest absolute Gasteiger partial charge is 0.461 e. The monoisotopic (exact) mass is 365 g/mol. The lowest BCUT2D eigenvalue weighted by Gasteiger charge is -2.09. The number of aliphatic hydroxyl groups excluding tert-OH is 1. The highest BCUT2D eigenvalue weighted by molar-refractivity contribution is 5.93. The molecule has 3 heterocycles. The van der Waals surface area contributed by atoms with Crippen LogP contribution in [0.1, 0.15) is 22.4 Å². The molecule has 0 aliphatic rings. The molecule has 1 unspecified atom stereocenters. The Morgan fingerprint density at radius 3 is 2.70 bits per heavy atom. The molecule has 4 aromatic rings. The smallest absolute Gasteiger partial charge is 0.287 e. The predicted molar refractivity (Wildman–Crippen MR) is 96.2 cm³/mol. The van der Waals surface area contributed by atoms with Crippen LogP contribution in [0.5, 0.6) is 0 Å². The molecule has 0 spiro atoms. The van der Waals surface area contributed by atoms with Crippen LogP contribution in [0.3, 0.4) is 0 Å². The molecule has 0 aliphatic carbocycles. The number of hydrogen-bond donors (Lipinski definition) is 2. The molecule has 1 aromatic carbocycles. The minimum atomic E-state index is -1.06. The first-order valence-corrected chi connectivity index (χ1v) is 8.24. The summed E-state index contributed by atoms with van der Waals surface area (Å²) in [4.78, 5) is 24.3. The highest BCUT2D eigenvalue weighted by atomic mass is 16.4. The average Bonchev–Trinajstić information content (AvgIpc) is 3.37. The minimum absolute atomic E-state index is 0.111. The summed E-state index contributed by atoms with van der Waals surface area (Å²) in [5, 5.41) is 13.1. The molecule has 0 aliphatic heterocycles. The van der Waals surface area contributed by atoms with E-state index in [1.807, 2.05) is 0 Å². The van der Waals surface area contributed by atoms with Gasteiger partial charge in [-0.25, -0.2) is 0 Å². The first-order valence-electron chi connectivity index (χ1n) is 8.24. The summed E-state index contributed by atoms with van der Waals surface area (Å²) in [6.45, 7) is -0.111. The van der Waals surface area contributed by atoms with Gasteiger partial charge < -0.3 is 23.7 Å². The maximum absolute atomic E-state index is 12.3. The lowest BCUT2D eigenvalue weighted by atomic mass is 10.2. The van der Waals surface area contributed by atoms with E-state index in [-0.39, 0.29) is 23.5 Å². The van der Waals surface area contributed by atoms with Gasteiger partial charge in [0.05, 0.1) is 18.2 Å². The molecule has 0 saturated carbocycles. The SMILES string of the molecule is O=C(NCC(O)c1ccc(-c2ccco2)o1)c1cc(=O)c2ccccc2o1. The third-order valence-corrected chi connectivity index (χ3v) is 4.03. The molecular formula is C20H15NO6. The van der Waals surface area contributed by atoms with E-state index in [0.717, 1.165) is 6.07 Å². The number of furan rings is 2. The topological polar surface area (TPSA) is 106 Å². The van der Waals surface area contributed by atoms with Crippen LogP contribution in [0.2, 0.25) is 0 Å². The van der Waals surface area contributed by atoms with Crippen molar-refractivity contribution in [1.82, 2.24) is 5.32 Å². The van der Waals surface area contributed by atoms with Crippen molar-refractivity contribution in [1.29, 1.82) is 0 Å². The molecule has 27 heavy (non-hydrogen) atoms. The predicted octanol–water partition coefficient (Wildman–Crippen LogP) is 3.11. The lowest BCUT2D eigenvalue weighted by molar-refractivity contribution is 0.0875. The molecule has 3 aromatic heterocycles. The van der Waals surface area contributed by atoms with Crippen LogP contribution in [0, 0.1) is 0 Å². The molecular weight excluding hydrogens is 350 g/mol. The molecule has 0 bridgehead atoms. The Balaban J connectivity index is 1.45. The fraction of sp³-hybridized carbons (Fsp3) is 0.100. The van der Waals surface area contributed by atoms with Gasteiger partial charge in [0.15, 0.2) is 22.7 Å². The maximum atomic E-state index is 12.3. The van der Waals surface area contributed by atoms with E-state index >= 15 is 0 Å². The minimum Gasteiger partial charge on any atom is -0.461 e. The summed E-state index contributed by atoms with van der Waals surface area (Å²) < 4.78 is 16.2. The van der Waals surface area contributed by atoms with Gasteiger partial charge in [-0.3, -0.25) is 9.59 Å². The van der Waals surface area contributed by atoms with Gasteiger partial charge in [-0.15, -0.1) is 0 Å². The van der Waals surface area contributed by atoms with Crippen molar-refractivity contribution < 1.29 is 23.2 Å². The molecule has 0 fully saturated rings. The Kier molecular flexibility index (Phi) is 4.35. The van der Waals surface area contributed by atoms with E-state index in [1.54, 1.807) is 48.5 Å². The maximum Gasteiger partial charge on any atom is 0.287 e. The van der Waals surface area contributed by atoms with Crippen LogP contribution in [-0.4, -0.2) is 17.6 Å². The quantitative estimate of drug-likeness (QED) is 0.563. The molecule has 1 amide bonds. The summed E-state index contributed by atoms with van der Waals surface area (Å²) in [5.41, 5.74) is 0.0153. The third-order valence-electron chi connectivity index (χ3n) is 4.03. The molecule has 1 atom stereocenters. The van der Waals surface area contributed by atoms with Crippen molar-refractivity contribution in [3.63, 3.8) is 0 Å². The second-order valence-corrected chi connectivity index (χ2v) is 5.88. The summed E-state index contributed by atoms with van der Waals surface area (Å²) >= 11 is 0. The zero-order valence-corrected chi connectivity index (χ0v) is 14.0. The zero-order chi connectivity index (χ0) is 18.8. The zero-order valence-electron chi connectivity index (χ0n) is 14.0. The van der Waals surface area contributed by atoms with Crippen molar-refractivity contribution in [2.24, 2.45) is 0 Å². The highest BCUT2D eigenvalue weighted by Crippen LogP contribution is 2.25. The van der Waals surface area contributed by atoms with Crippen LogP contribution in [0.4, 0.5) is 0 Å². The second kappa shape index (κ2) is 6.97. The fourth-order valence-electron chi connectivity index (χ4n) is 2.68. The normalized spacial score (nSPS) is 12.2. The number of para-hydroxylation sites is 1. The van der Waals surface area contributed by atoms with Crippen LogP contribution < -0.4 is 10.7 Å². The molecule has 136 valence electrons. The summed E-state index contributed by atoms with van der Waals surface area (Å²) in [7, 11) is 0. The average molecular weight is 365 g/mol. The number of aliphatic hydroxyl groups is 1. The second-order valence-electron chi connectivity index (χ2n) is 5.88. The number of carbonyl (C=O) groups is 1. The van der Waals surface area contributed by atoms with Crippen molar-refractivity contribution >= 4 is 16.9 Å². The van der Waals surface area contributed by atoms with E-state index in [2.05, 4.69) is 5.32 Å². The number of carbonyl (C=O) groups excluding carboxylic acids is 1. The Bertz CT molecular complexity index is 1140. The third kappa shape index (κ3) is 3.40. The number of hydrogen-bond acceptors (Lipinski definition) is 6. The number of benzene rings is 1. The summed E-state index contributed by atoms with van der Waals surface area (Å²) in [6.07, 6.45) is 0.454. The molecule has 7 heteroatoms. The molecule has 7 nitrogen and oxygen atoms in total. The number of nitrogens with one attached hydrogen (secondary N) is 1. The summed E-state index contributed by atoms with van der Waals surface area (Å²) in [5.74, 6) is 0.564. The molecule has 0 radical (unpaired) electrons. The van der Waals surface area contributed by atoms with Gasteiger partial charge in [-0.2, -0.15) is 0 Å². The van der Waals surface area contributed by atoms with Gasteiger partial charge in [0, 0.05) is 6.07 Å². The van der Waals surface area contributed by atoms with Crippen LogP contribution in [-0.2, 0) is 0 Å². The Morgan fingerprint density at radius 1 is 1.04 bits per heavy atom. The first kappa shape index (κ1) is 16.9. The number of rotatable bonds is 5. The molecule has 2 N–H and O–H groups in total. The van der Waals surface area contributed by atoms with E-state index in [9.17, 15) is 14.7 Å². The van der Waals surface area contributed by atoms with E-state index < -0.39 is 12.0 Å². The van der Waals surface area contributed by atoms with Gasteiger partial charge in [-0.05, 0) is 36.4 Å². The summed E-state index contributed by atoms with van der Waals surface area (Å²) in [6, 6.07) is 14.5. The van der Waals surface area contributed by atoms with E-state index in [4.69, 9.17) is 13.3 Å².